The number of nitrogens with two attached hydrogens (primary N) is 1. The molecule has 2 fully saturated rings. The molecule has 1 amide bonds. The van der Waals surface area contributed by atoms with Gasteiger partial charge in [0.2, 0.25) is 5.91 Å². The fourth-order valence-electron chi connectivity index (χ4n) is 3.59. The second-order valence-corrected chi connectivity index (χ2v) is 6.08. The first-order chi connectivity index (χ1) is 10.1. The first-order valence-corrected chi connectivity index (χ1v) is 7.73. The molecule has 21 heavy (non-hydrogen) atoms. The van der Waals surface area contributed by atoms with E-state index >= 15 is 0 Å². The van der Waals surface area contributed by atoms with Crippen molar-refractivity contribution in [3.63, 3.8) is 0 Å². The smallest absolute Gasteiger partial charge is 0.248 e. The topological polar surface area (TPSA) is 58.4 Å². The summed E-state index contributed by atoms with van der Waals surface area (Å²) in [6, 6.07) is 5.11. The Labute approximate surface area is 124 Å². The number of amides is 1. The van der Waals surface area contributed by atoms with E-state index in [1.807, 2.05) is 0 Å². The van der Waals surface area contributed by atoms with Crippen molar-refractivity contribution in [3.05, 3.63) is 29.6 Å². The Hall–Kier alpha value is -1.62. The maximum Gasteiger partial charge on any atom is 0.248 e. The lowest BCUT2D eigenvalue weighted by atomic mass is 9.89. The van der Waals surface area contributed by atoms with Gasteiger partial charge in [0.25, 0.3) is 0 Å². The van der Waals surface area contributed by atoms with Crippen LogP contribution in [0.15, 0.2) is 18.2 Å². The van der Waals surface area contributed by atoms with Crippen molar-refractivity contribution in [2.24, 2.45) is 11.7 Å². The Morgan fingerprint density at radius 3 is 2.86 bits per heavy atom. The quantitative estimate of drug-likeness (QED) is 0.894. The molecule has 0 bridgehead atoms. The van der Waals surface area contributed by atoms with Gasteiger partial charge in [-0.1, -0.05) is 0 Å². The fraction of sp³-hybridized carbons (Fsp3) is 0.562. The highest BCUT2D eigenvalue weighted by Crippen LogP contribution is 2.29. The van der Waals surface area contributed by atoms with Crippen LogP contribution in [-0.2, 0) is 0 Å². The summed E-state index contributed by atoms with van der Waals surface area (Å²) in [4.78, 5) is 13.2. The van der Waals surface area contributed by atoms with Gasteiger partial charge in [0.05, 0.1) is 5.69 Å². The third-order valence-electron chi connectivity index (χ3n) is 4.70. The molecule has 2 aliphatic heterocycles. The Balaban J connectivity index is 1.75. The Morgan fingerprint density at radius 1 is 1.33 bits per heavy atom. The van der Waals surface area contributed by atoms with Gasteiger partial charge in [0, 0.05) is 24.7 Å². The van der Waals surface area contributed by atoms with Crippen LogP contribution in [0.4, 0.5) is 10.1 Å². The maximum atomic E-state index is 14.2. The summed E-state index contributed by atoms with van der Waals surface area (Å²) in [7, 11) is 0. The standard InChI is InChI=1S/C16H22FN3O/c17-13-9-11(16(18)21)5-6-15(13)20-8-2-3-12(10-20)14-4-1-7-19-14/h5-6,9,12,14,19H,1-4,7-8,10H2,(H2,18,21). The van der Waals surface area contributed by atoms with Crippen LogP contribution in [0.3, 0.4) is 0 Å². The minimum absolute atomic E-state index is 0.224. The SMILES string of the molecule is NC(=O)c1ccc(N2CCCC(C3CCCN3)C2)c(F)c1. The number of hydrogen-bond donors (Lipinski definition) is 2. The monoisotopic (exact) mass is 291 g/mol. The van der Waals surface area contributed by atoms with Gasteiger partial charge in [-0.15, -0.1) is 0 Å². The number of carbonyl (C=O) groups is 1. The van der Waals surface area contributed by atoms with E-state index < -0.39 is 5.91 Å². The van der Waals surface area contributed by atoms with Crippen molar-refractivity contribution in [1.82, 2.24) is 5.32 Å². The molecule has 3 rings (SSSR count). The number of anilines is 1. The molecule has 5 heteroatoms. The number of primary amides is 1. The number of carbonyl (C=O) groups excluding carboxylic acids is 1. The largest absolute Gasteiger partial charge is 0.369 e. The Kier molecular flexibility index (Phi) is 4.10. The zero-order chi connectivity index (χ0) is 14.8. The van der Waals surface area contributed by atoms with E-state index in [-0.39, 0.29) is 11.4 Å². The summed E-state index contributed by atoms with van der Waals surface area (Å²) < 4.78 is 14.2. The molecule has 0 saturated carbocycles. The normalized spacial score (nSPS) is 26.0. The molecule has 1 aromatic rings. The van der Waals surface area contributed by atoms with Crippen molar-refractivity contribution >= 4 is 11.6 Å². The molecule has 114 valence electrons. The lowest BCUT2D eigenvalue weighted by Gasteiger charge is -2.37. The number of nitrogens with one attached hydrogen (secondary N) is 1. The number of hydrogen-bond acceptors (Lipinski definition) is 3. The lowest BCUT2D eigenvalue weighted by molar-refractivity contribution is 0.1000. The molecule has 0 radical (unpaired) electrons. The lowest BCUT2D eigenvalue weighted by Crippen LogP contribution is -2.43. The van der Waals surface area contributed by atoms with E-state index in [1.54, 1.807) is 12.1 Å². The van der Waals surface area contributed by atoms with Crippen LogP contribution in [0.5, 0.6) is 0 Å². The van der Waals surface area contributed by atoms with E-state index in [0.29, 0.717) is 17.6 Å². The summed E-state index contributed by atoms with van der Waals surface area (Å²) >= 11 is 0. The van der Waals surface area contributed by atoms with Gasteiger partial charge in [-0.25, -0.2) is 4.39 Å². The summed E-state index contributed by atoms with van der Waals surface area (Å²) in [6.45, 7) is 2.85. The van der Waals surface area contributed by atoms with Gasteiger partial charge in [-0.2, -0.15) is 0 Å². The van der Waals surface area contributed by atoms with Gasteiger partial charge in [-0.3, -0.25) is 4.79 Å². The maximum absolute atomic E-state index is 14.2. The van der Waals surface area contributed by atoms with Crippen LogP contribution in [0.1, 0.15) is 36.0 Å². The molecule has 2 atom stereocenters. The van der Waals surface area contributed by atoms with Gasteiger partial charge in [0.15, 0.2) is 0 Å². The molecule has 2 aliphatic rings. The van der Waals surface area contributed by atoms with E-state index in [9.17, 15) is 9.18 Å². The molecular formula is C16H22FN3O. The van der Waals surface area contributed by atoms with Crippen LogP contribution in [0.2, 0.25) is 0 Å². The van der Waals surface area contributed by atoms with Crippen molar-refractivity contribution in [2.45, 2.75) is 31.7 Å². The number of piperidine rings is 1. The van der Waals surface area contributed by atoms with Crippen molar-refractivity contribution in [1.29, 1.82) is 0 Å². The van der Waals surface area contributed by atoms with Gasteiger partial charge in [-0.05, 0) is 56.3 Å². The van der Waals surface area contributed by atoms with Crippen LogP contribution in [0, 0.1) is 11.7 Å². The number of nitrogens with zero attached hydrogens (tertiary/aromatic N) is 1. The zero-order valence-corrected chi connectivity index (χ0v) is 12.1. The summed E-state index contributed by atoms with van der Waals surface area (Å²) in [5.41, 5.74) is 6.00. The van der Waals surface area contributed by atoms with Crippen molar-refractivity contribution in [2.75, 3.05) is 24.5 Å². The average molecular weight is 291 g/mol. The molecule has 1 aromatic carbocycles. The van der Waals surface area contributed by atoms with Crippen LogP contribution < -0.4 is 16.0 Å². The summed E-state index contributed by atoms with van der Waals surface area (Å²) in [5, 5.41) is 3.56. The van der Waals surface area contributed by atoms with Gasteiger partial charge < -0.3 is 16.0 Å². The minimum atomic E-state index is -0.591. The summed E-state index contributed by atoms with van der Waals surface area (Å²) in [5.74, 6) is -0.366. The average Bonchev–Trinajstić information content (AvgIpc) is 3.01. The molecular weight excluding hydrogens is 269 g/mol. The highest BCUT2D eigenvalue weighted by molar-refractivity contribution is 5.93. The zero-order valence-electron chi connectivity index (χ0n) is 12.1. The van der Waals surface area contributed by atoms with E-state index in [2.05, 4.69) is 10.2 Å². The molecule has 0 spiro atoms. The number of benzene rings is 1. The molecule has 2 unspecified atom stereocenters. The second-order valence-electron chi connectivity index (χ2n) is 6.08. The van der Waals surface area contributed by atoms with Crippen LogP contribution >= 0.6 is 0 Å². The Morgan fingerprint density at radius 2 is 2.19 bits per heavy atom. The minimum Gasteiger partial charge on any atom is -0.369 e. The third kappa shape index (κ3) is 3.02. The van der Waals surface area contributed by atoms with Crippen LogP contribution in [-0.4, -0.2) is 31.6 Å². The van der Waals surface area contributed by atoms with Gasteiger partial charge >= 0.3 is 0 Å². The highest BCUT2D eigenvalue weighted by Gasteiger charge is 2.30. The first-order valence-electron chi connectivity index (χ1n) is 7.73. The predicted octanol–water partition coefficient (Wildman–Crippen LogP) is 1.89. The molecule has 0 aromatic heterocycles. The Bertz CT molecular complexity index is 528. The molecule has 2 heterocycles. The second kappa shape index (κ2) is 6.02. The van der Waals surface area contributed by atoms with Gasteiger partial charge in [0.1, 0.15) is 5.82 Å². The predicted molar refractivity (Wildman–Crippen MR) is 80.9 cm³/mol. The van der Waals surface area contributed by atoms with E-state index in [0.717, 1.165) is 26.1 Å². The fourth-order valence-corrected chi connectivity index (χ4v) is 3.59. The molecule has 0 aliphatic carbocycles. The van der Waals surface area contributed by atoms with Crippen molar-refractivity contribution < 1.29 is 9.18 Å². The van der Waals surface area contributed by atoms with E-state index in [1.165, 1.54) is 25.3 Å². The third-order valence-corrected chi connectivity index (χ3v) is 4.70. The molecule has 4 nitrogen and oxygen atoms in total. The number of halogens is 1. The molecule has 3 N–H and O–H groups in total. The number of rotatable bonds is 3. The van der Waals surface area contributed by atoms with E-state index in [4.69, 9.17) is 5.73 Å². The van der Waals surface area contributed by atoms with Crippen molar-refractivity contribution in [3.8, 4) is 0 Å². The molecule has 2 saturated heterocycles. The first kappa shape index (κ1) is 14.3. The van der Waals surface area contributed by atoms with Crippen LogP contribution in [0.25, 0.3) is 0 Å². The summed E-state index contributed by atoms with van der Waals surface area (Å²) in [6.07, 6.45) is 4.75. The highest BCUT2D eigenvalue weighted by atomic mass is 19.1.